The number of benzene rings is 1. The summed E-state index contributed by atoms with van der Waals surface area (Å²) in [7, 11) is 0. The van der Waals surface area contributed by atoms with Crippen LogP contribution in [0.1, 0.15) is 36.4 Å². The fraction of sp³-hybridized carbons (Fsp3) is 0.412. The highest BCUT2D eigenvalue weighted by atomic mass is 16.5. The van der Waals surface area contributed by atoms with Gasteiger partial charge in [0.25, 0.3) is 0 Å². The second-order valence-electron chi connectivity index (χ2n) is 5.10. The molecule has 0 radical (unpaired) electrons. The highest BCUT2D eigenvalue weighted by Crippen LogP contribution is 2.30. The fourth-order valence-electron chi connectivity index (χ4n) is 2.08. The lowest BCUT2D eigenvalue weighted by molar-refractivity contribution is 0.451. The van der Waals surface area contributed by atoms with Crippen molar-refractivity contribution in [2.24, 2.45) is 0 Å². The monoisotopic (exact) mass is 285 g/mol. The van der Waals surface area contributed by atoms with Crippen molar-refractivity contribution in [1.29, 1.82) is 0 Å². The van der Waals surface area contributed by atoms with E-state index in [1.54, 1.807) is 0 Å². The average Bonchev–Trinajstić information content (AvgIpc) is 2.48. The van der Waals surface area contributed by atoms with Gasteiger partial charge in [-0.05, 0) is 44.9 Å². The van der Waals surface area contributed by atoms with Gasteiger partial charge in [-0.25, -0.2) is 4.98 Å². The number of hydrogen-bond acceptors (Lipinski definition) is 4. The van der Waals surface area contributed by atoms with Crippen molar-refractivity contribution in [1.82, 2.24) is 9.97 Å². The van der Waals surface area contributed by atoms with E-state index in [4.69, 9.17) is 4.74 Å². The van der Waals surface area contributed by atoms with Crippen molar-refractivity contribution in [2.45, 2.75) is 41.0 Å². The molecule has 112 valence electrons. The van der Waals surface area contributed by atoms with Crippen molar-refractivity contribution in [3.8, 4) is 11.6 Å². The standard InChI is InChI=1S/C17H23N3O/c1-6-15-19-16(18-7-2)13(5)17(20-15)21-14-10-8-9-11(3)12(14)4/h8-10H,6-7H2,1-5H3,(H,18,19,20). The van der Waals surface area contributed by atoms with E-state index in [9.17, 15) is 0 Å². The lowest BCUT2D eigenvalue weighted by Gasteiger charge is -2.15. The van der Waals surface area contributed by atoms with E-state index in [-0.39, 0.29) is 0 Å². The molecule has 0 spiro atoms. The maximum absolute atomic E-state index is 6.06. The predicted octanol–water partition coefficient (Wildman–Crippen LogP) is 4.19. The molecule has 1 aromatic heterocycles. The highest BCUT2D eigenvalue weighted by Gasteiger charge is 2.13. The molecule has 2 aromatic rings. The second-order valence-corrected chi connectivity index (χ2v) is 5.10. The molecule has 0 saturated heterocycles. The first-order valence-electron chi connectivity index (χ1n) is 7.42. The maximum atomic E-state index is 6.06. The van der Waals surface area contributed by atoms with Gasteiger partial charge in [-0.3, -0.25) is 0 Å². The summed E-state index contributed by atoms with van der Waals surface area (Å²) < 4.78 is 6.06. The van der Waals surface area contributed by atoms with Gasteiger partial charge >= 0.3 is 0 Å². The highest BCUT2D eigenvalue weighted by molar-refractivity contribution is 5.50. The van der Waals surface area contributed by atoms with Crippen molar-refractivity contribution < 1.29 is 4.74 Å². The molecule has 0 unspecified atom stereocenters. The summed E-state index contributed by atoms with van der Waals surface area (Å²) in [6.07, 6.45) is 0.780. The maximum Gasteiger partial charge on any atom is 0.227 e. The quantitative estimate of drug-likeness (QED) is 0.895. The SMILES string of the molecule is CCNc1nc(CC)nc(Oc2cccc(C)c2C)c1C. The van der Waals surface area contributed by atoms with Crippen LogP contribution in [-0.4, -0.2) is 16.5 Å². The van der Waals surface area contributed by atoms with Gasteiger partial charge in [-0.15, -0.1) is 0 Å². The number of aryl methyl sites for hydroxylation is 2. The molecule has 0 aliphatic heterocycles. The van der Waals surface area contributed by atoms with Gasteiger partial charge in [-0.1, -0.05) is 19.1 Å². The number of ether oxygens (including phenoxy) is 1. The van der Waals surface area contributed by atoms with Crippen LogP contribution in [0.2, 0.25) is 0 Å². The van der Waals surface area contributed by atoms with Crippen LogP contribution in [0.3, 0.4) is 0 Å². The Morgan fingerprint density at radius 3 is 2.48 bits per heavy atom. The summed E-state index contributed by atoms with van der Waals surface area (Å²) in [5.41, 5.74) is 3.29. The van der Waals surface area contributed by atoms with Gasteiger partial charge in [-0.2, -0.15) is 4.98 Å². The number of anilines is 1. The minimum atomic E-state index is 0.631. The summed E-state index contributed by atoms with van der Waals surface area (Å²) >= 11 is 0. The van der Waals surface area contributed by atoms with Gasteiger partial charge in [0, 0.05) is 13.0 Å². The van der Waals surface area contributed by atoms with Gasteiger partial charge < -0.3 is 10.1 Å². The zero-order valence-electron chi connectivity index (χ0n) is 13.4. The van der Waals surface area contributed by atoms with E-state index in [2.05, 4.69) is 42.1 Å². The van der Waals surface area contributed by atoms with Crippen LogP contribution >= 0.6 is 0 Å². The molecular formula is C17H23N3O. The molecule has 2 rings (SSSR count). The number of hydrogen-bond donors (Lipinski definition) is 1. The van der Waals surface area contributed by atoms with E-state index in [1.165, 1.54) is 5.56 Å². The van der Waals surface area contributed by atoms with E-state index >= 15 is 0 Å². The normalized spacial score (nSPS) is 10.5. The lowest BCUT2D eigenvalue weighted by atomic mass is 10.1. The molecule has 0 bridgehead atoms. The van der Waals surface area contributed by atoms with E-state index in [0.29, 0.717) is 5.88 Å². The number of rotatable bonds is 5. The number of nitrogens with zero attached hydrogens (tertiary/aromatic N) is 2. The zero-order chi connectivity index (χ0) is 15.4. The minimum absolute atomic E-state index is 0.631. The van der Waals surface area contributed by atoms with Crippen molar-refractivity contribution in [2.75, 3.05) is 11.9 Å². The summed E-state index contributed by atoms with van der Waals surface area (Å²) in [6.45, 7) is 11.0. The molecule has 0 fully saturated rings. The van der Waals surface area contributed by atoms with Crippen LogP contribution in [-0.2, 0) is 6.42 Å². The largest absolute Gasteiger partial charge is 0.438 e. The Kier molecular flexibility index (Phi) is 4.78. The van der Waals surface area contributed by atoms with Crippen molar-refractivity contribution >= 4 is 5.82 Å². The van der Waals surface area contributed by atoms with Gasteiger partial charge in [0.1, 0.15) is 17.4 Å². The Labute approximate surface area is 126 Å². The first-order valence-corrected chi connectivity index (χ1v) is 7.42. The van der Waals surface area contributed by atoms with Gasteiger partial charge in [0.15, 0.2) is 0 Å². The third-order valence-corrected chi connectivity index (χ3v) is 3.57. The molecule has 1 N–H and O–H groups in total. The second kappa shape index (κ2) is 6.57. The van der Waals surface area contributed by atoms with Crippen LogP contribution in [0, 0.1) is 20.8 Å². The molecule has 0 amide bonds. The molecule has 0 aliphatic carbocycles. The smallest absolute Gasteiger partial charge is 0.227 e. The first kappa shape index (κ1) is 15.3. The Morgan fingerprint density at radius 1 is 1.05 bits per heavy atom. The Balaban J connectivity index is 2.43. The molecule has 0 atom stereocenters. The van der Waals surface area contributed by atoms with E-state index < -0.39 is 0 Å². The fourth-order valence-corrected chi connectivity index (χ4v) is 2.08. The predicted molar refractivity (Wildman–Crippen MR) is 86.3 cm³/mol. The van der Waals surface area contributed by atoms with Crippen molar-refractivity contribution in [3.63, 3.8) is 0 Å². The molecule has 21 heavy (non-hydrogen) atoms. The number of nitrogens with one attached hydrogen (secondary N) is 1. The minimum Gasteiger partial charge on any atom is -0.438 e. The molecule has 4 nitrogen and oxygen atoms in total. The molecular weight excluding hydrogens is 262 g/mol. The van der Waals surface area contributed by atoms with Gasteiger partial charge in [0.05, 0.1) is 5.56 Å². The Hall–Kier alpha value is -2.10. The Morgan fingerprint density at radius 2 is 1.81 bits per heavy atom. The van der Waals surface area contributed by atoms with Gasteiger partial charge in [0.2, 0.25) is 5.88 Å². The van der Waals surface area contributed by atoms with Crippen molar-refractivity contribution in [3.05, 3.63) is 40.7 Å². The molecule has 0 saturated carbocycles. The van der Waals surface area contributed by atoms with E-state index in [0.717, 1.165) is 41.5 Å². The van der Waals surface area contributed by atoms with E-state index in [1.807, 2.05) is 26.0 Å². The molecule has 1 aromatic carbocycles. The third kappa shape index (κ3) is 3.32. The topological polar surface area (TPSA) is 47.0 Å². The summed E-state index contributed by atoms with van der Waals surface area (Å²) in [4.78, 5) is 9.05. The molecule has 1 heterocycles. The summed E-state index contributed by atoms with van der Waals surface area (Å²) in [5, 5.41) is 3.27. The van der Waals surface area contributed by atoms with Crippen LogP contribution in [0.4, 0.5) is 5.82 Å². The third-order valence-electron chi connectivity index (χ3n) is 3.57. The summed E-state index contributed by atoms with van der Waals surface area (Å²) in [6, 6.07) is 6.05. The van der Waals surface area contributed by atoms with Crippen LogP contribution in [0.5, 0.6) is 11.6 Å². The first-order chi connectivity index (χ1) is 10.1. The molecule has 4 heteroatoms. The molecule has 0 aliphatic rings. The van der Waals surface area contributed by atoms with Crippen LogP contribution < -0.4 is 10.1 Å². The van der Waals surface area contributed by atoms with Crippen LogP contribution in [0.25, 0.3) is 0 Å². The summed E-state index contributed by atoms with van der Waals surface area (Å²) in [5.74, 6) is 3.12. The Bertz CT molecular complexity index is 638. The van der Waals surface area contributed by atoms with Crippen LogP contribution in [0.15, 0.2) is 18.2 Å². The lowest BCUT2D eigenvalue weighted by Crippen LogP contribution is -2.07. The zero-order valence-corrected chi connectivity index (χ0v) is 13.4. The number of aromatic nitrogens is 2. The average molecular weight is 285 g/mol.